The molecule has 0 saturated heterocycles. The molecular formula is C14H13F2NS. The van der Waals surface area contributed by atoms with Gasteiger partial charge in [0.1, 0.15) is 11.6 Å². The topological polar surface area (TPSA) is 12.0 Å². The van der Waals surface area contributed by atoms with Crippen LogP contribution in [0, 0.1) is 11.6 Å². The van der Waals surface area contributed by atoms with Crippen LogP contribution in [0.3, 0.4) is 0 Å². The van der Waals surface area contributed by atoms with Gasteiger partial charge in [-0.3, -0.25) is 0 Å². The van der Waals surface area contributed by atoms with Gasteiger partial charge in [0.2, 0.25) is 0 Å². The summed E-state index contributed by atoms with van der Waals surface area (Å²) in [7, 11) is 1.81. The summed E-state index contributed by atoms with van der Waals surface area (Å²) in [6, 6.07) is 11.1. The molecule has 0 heterocycles. The number of halogens is 2. The third kappa shape index (κ3) is 3.09. The third-order valence-corrected chi connectivity index (χ3v) is 3.58. The van der Waals surface area contributed by atoms with Crippen molar-refractivity contribution in [3.63, 3.8) is 0 Å². The monoisotopic (exact) mass is 265 g/mol. The van der Waals surface area contributed by atoms with Crippen LogP contribution in [0.4, 0.5) is 8.78 Å². The standard InChI is InChI=1S/C14H13F2NS/c1-17-9-10-4-2-7-13(16)14(10)18-12-6-3-5-11(15)8-12/h2-8,17H,9H2,1H3. The summed E-state index contributed by atoms with van der Waals surface area (Å²) in [6.45, 7) is 0.579. The van der Waals surface area contributed by atoms with Crippen LogP contribution in [0.1, 0.15) is 5.56 Å². The van der Waals surface area contributed by atoms with E-state index in [2.05, 4.69) is 5.32 Å². The molecule has 0 aliphatic carbocycles. The van der Waals surface area contributed by atoms with E-state index in [4.69, 9.17) is 0 Å². The number of rotatable bonds is 4. The van der Waals surface area contributed by atoms with E-state index in [0.717, 1.165) is 5.56 Å². The fourth-order valence-corrected chi connectivity index (χ4v) is 2.64. The zero-order valence-electron chi connectivity index (χ0n) is 9.91. The molecule has 0 bridgehead atoms. The number of hydrogen-bond acceptors (Lipinski definition) is 2. The maximum absolute atomic E-state index is 13.8. The summed E-state index contributed by atoms with van der Waals surface area (Å²) in [6.07, 6.45) is 0. The van der Waals surface area contributed by atoms with Crippen LogP contribution in [0.5, 0.6) is 0 Å². The summed E-state index contributed by atoms with van der Waals surface area (Å²) >= 11 is 1.24. The first-order valence-electron chi connectivity index (χ1n) is 5.56. The third-order valence-electron chi connectivity index (χ3n) is 2.43. The second-order valence-electron chi connectivity index (χ2n) is 3.82. The van der Waals surface area contributed by atoms with Crippen LogP contribution >= 0.6 is 11.8 Å². The predicted molar refractivity (Wildman–Crippen MR) is 69.7 cm³/mol. The lowest BCUT2D eigenvalue weighted by atomic mass is 10.2. The summed E-state index contributed by atoms with van der Waals surface area (Å²) in [4.78, 5) is 1.23. The molecule has 0 fully saturated rings. The normalized spacial score (nSPS) is 10.6. The fraction of sp³-hybridized carbons (Fsp3) is 0.143. The number of hydrogen-bond donors (Lipinski definition) is 1. The van der Waals surface area contributed by atoms with Gasteiger partial charge in [0, 0.05) is 11.4 Å². The Labute approximate surface area is 109 Å². The molecule has 0 aliphatic rings. The van der Waals surface area contributed by atoms with Crippen molar-refractivity contribution in [1.82, 2.24) is 5.32 Å². The molecule has 0 saturated carbocycles. The highest BCUT2D eigenvalue weighted by molar-refractivity contribution is 7.99. The van der Waals surface area contributed by atoms with E-state index in [1.165, 1.54) is 30.0 Å². The van der Waals surface area contributed by atoms with E-state index in [0.29, 0.717) is 16.3 Å². The van der Waals surface area contributed by atoms with Gasteiger partial charge in [0.05, 0.1) is 4.90 Å². The molecule has 1 N–H and O–H groups in total. The minimum absolute atomic E-state index is 0.281. The zero-order chi connectivity index (χ0) is 13.0. The molecule has 2 aromatic carbocycles. The van der Waals surface area contributed by atoms with Crippen molar-refractivity contribution < 1.29 is 8.78 Å². The molecule has 18 heavy (non-hydrogen) atoms. The van der Waals surface area contributed by atoms with Crippen LogP contribution in [0.25, 0.3) is 0 Å². The van der Waals surface area contributed by atoms with Crippen LogP contribution in [-0.4, -0.2) is 7.05 Å². The zero-order valence-corrected chi connectivity index (χ0v) is 10.7. The van der Waals surface area contributed by atoms with Gasteiger partial charge >= 0.3 is 0 Å². The molecule has 1 nitrogen and oxygen atoms in total. The smallest absolute Gasteiger partial charge is 0.137 e. The number of nitrogens with one attached hydrogen (secondary N) is 1. The minimum Gasteiger partial charge on any atom is -0.316 e. The average Bonchev–Trinajstić information content (AvgIpc) is 2.34. The van der Waals surface area contributed by atoms with Crippen molar-refractivity contribution in [2.45, 2.75) is 16.3 Å². The molecule has 0 atom stereocenters. The Balaban J connectivity index is 2.33. The van der Waals surface area contributed by atoms with Crippen molar-refractivity contribution in [2.75, 3.05) is 7.05 Å². The first-order valence-corrected chi connectivity index (χ1v) is 6.38. The van der Waals surface area contributed by atoms with Gasteiger partial charge in [-0.05, 0) is 36.9 Å². The predicted octanol–water partition coefficient (Wildman–Crippen LogP) is 3.84. The SMILES string of the molecule is CNCc1cccc(F)c1Sc1cccc(F)c1. The molecule has 0 amide bonds. The Morgan fingerprint density at radius 3 is 2.61 bits per heavy atom. The van der Waals surface area contributed by atoms with Crippen molar-refractivity contribution >= 4 is 11.8 Å². The van der Waals surface area contributed by atoms with Gasteiger partial charge < -0.3 is 5.32 Å². The highest BCUT2D eigenvalue weighted by atomic mass is 32.2. The molecule has 2 rings (SSSR count). The molecule has 94 valence electrons. The van der Waals surface area contributed by atoms with E-state index >= 15 is 0 Å². The highest BCUT2D eigenvalue weighted by Gasteiger charge is 2.10. The van der Waals surface area contributed by atoms with Crippen molar-refractivity contribution in [1.29, 1.82) is 0 Å². The summed E-state index contributed by atoms with van der Waals surface area (Å²) in [5.74, 6) is -0.594. The lowest BCUT2D eigenvalue weighted by Crippen LogP contribution is -2.06. The molecule has 0 aromatic heterocycles. The maximum atomic E-state index is 13.8. The van der Waals surface area contributed by atoms with E-state index in [-0.39, 0.29) is 11.6 Å². The summed E-state index contributed by atoms with van der Waals surface area (Å²) in [5, 5.41) is 2.99. The Morgan fingerprint density at radius 2 is 1.89 bits per heavy atom. The molecule has 0 radical (unpaired) electrons. The summed E-state index contributed by atoms with van der Waals surface area (Å²) in [5.41, 5.74) is 0.867. The van der Waals surface area contributed by atoms with E-state index in [1.807, 2.05) is 13.1 Å². The minimum atomic E-state index is -0.313. The van der Waals surface area contributed by atoms with Crippen LogP contribution < -0.4 is 5.32 Å². The van der Waals surface area contributed by atoms with Gasteiger partial charge in [0.25, 0.3) is 0 Å². The summed E-state index contributed by atoms with van der Waals surface area (Å²) < 4.78 is 26.9. The highest BCUT2D eigenvalue weighted by Crippen LogP contribution is 2.32. The molecular weight excluding hydrogens is 252 g/mol. The average molecular weight is 265 g/mol. The Morgan fingerprint density at radius 1 is 1.11 bits per heavy atom. The van der Waals surface area contributed by atoms with Crippen LogP contribution in [-0.2, 0) is 6.54 Å². The fourth-order valence-electron chi connectivity index (χ4n) is 1.65. The van der Waals surface area contributed by atoms with E-state index in [1.54, 1.807) is 18.2 Å². The second kappa shape index (κ2) is 5.98. The van der Waals surface area contributed by atoms with Crippen molar-refractivity contribution in [2.24, 2.45) is 0 Å². The van der Waals surface area contributed by atoms with Gasteiger partial charge in [-0.2, -0.15) is 0 Å². The quantitative estimate of drug-likeness (QED) is 0.901. The molecule has 2 aromatic rings. The molecule has 4 heteroatoms. The lowest BCUT2D eigenvalue weighted by molar-refractivity contribution is 0.594. The Bertz CT molecular complexity index is 543. The van der Waals surface area contributed by atoms with Gasteiger partial charge in [-0.25, -0.2) is 8.78 Å². The lowest BCUT2D eigenvalue weighted by Gasteiger charge is -2.09. The van der Waals surface area contributed by atoms with Crippen molar-refractivity contribution in [3.8, 4) is 0 Å². The molecule has 0 spiro atoms. The van der Waals surface area contributed by atoms with E-state index in [9.17, 15) is 8.78 Å². The maximum Gasteiger partial charge on any atom is 0.137 e. The molecule has 0 aliphatic heterocycles. The first-order chi connectivity index (χ1) is 8.70. The van der Waals surface area contributed by atoms with E-state index < -0.39 is 0 Å². The number of benzene rings is 2. The van der Waals surface area contributed by atoms with Crippen LogP contribution in [0.15, 0.2) is 52.3 Å². The Hall–Kier alpha value is -1.39. The van der Waals surface area contributed by atoms with Crippen molar-refractivity contribution in [3.05, 3.63) is 59.7 Å². The largest absolute Gasteiger partial charge is 0.316 e. The second-order valence-corrected chi connectivity index (χ2v) is 4.90. The van der Waals surface area contributed by atoms with Gasteiger partial charge in [-0.1, -0.05) is 30.0 Å². The van der Waals surface area contributed by atoms with Crippen LogP contribution in [0.2, 0.25) is 0 Å². The Kier molecular flexibility index (Phi) is 4.33. The van der Waals surface area contributed by atoms with Gasteiger partial charge in [-0.15, -0.1) is 0 Å². The molecule has 0 unspecified atom stereocenters. The first kappa shape index (κ1) is 13.1. The van der Waals surface area contributed by atoms with Gasteiger partial charge in [0.15, 0.2) is 0 Å².